The van der Waals surface area contributed by atoms with Gasteiger partial charge in [-0.05, 0) is 24.3 Å². The molecule has 108 valence electrons. The molecule has 4 aromatic rings. The second-order valence-corrected chi connectivity index (χ2v) is 5.52. The standard InChI is InChI=1S/C19H16N2O/c1-21-15-8-4-2-6-12(15)19-16(21)11-10-14(20)18(19)13-7-3-5-9-17(13)22/h2-11,22H,20H2,1H3. The first kappa shape index (κ1) is 12.8. The van der Waals surface area contributed by atoms with Gasteiger partial charge in [-0.3, -0.25) is 0 Å². The normalized spacial score (nSPS) is 11.3. The molecule has 0 aliphatic rings. The number of hydrogen-bond acceptors (Lipinski definition) is 2. The van der Waals surface area contributed by atoms with Crippen LogP contribution in [0.5, 0.6) is 5.75 Å². The zero-order chi connectivity index (χ0) is 15.3. The van der Waals surface area contributed by atoms with Crippen molar-refractivity contribution in [3.63, 3.8) is 0 Å². The molecule has 4 rings (SSSR count). The summed E-state index contributed by atoms with van der Waals surface area (Å²) in [6, 6.07) is 19.5. The van der Waals surface area contributed by atoms with Crippen LogP contribution in [-0.4, -0.2) is 9.67 Å². The Bertz CT molecular complexity index is 1010. The van der Waals surface area contributed by atoms with Gasteiger partial charge in [0.25, 0.3) is 0 Å². The summed E-state index contributed by atoms with van der Waals surface area (Å²) in [5.74, 6) is 0.245. The zero-order valence-electron chi connectivity index (χ0n) is 12.2. The second-order valence-electron chi connectivity index (χ2n) is 5.52. The number of nitrogens with two attached hydrogens (primary N) is 1. The van der Waals surface area contributed by atoms with Crippen LogP contribution < -0.4 is 5.73 Å². The largest absolute Gasteiger partial charge is 0.507 e. The fourth-order valence-electron chi connectivity index (χ4n) is 3.24. The molecule has 22 heavy (non-hydrogen) atoms. The Morgan fingerprint density at radius 3 is 2.41 bits per heavy atom. The first-order valence-corrected chi connectivity index (χ1v) is 7.22. The predicted molar refractivity (Wildman–Crippen MR) is 91.9 cm³/mol. The zero-order valence-corrected chi connectivity index (χ0v) is 12.2. The van der Waals surface area contributed by atoms with Gasteiger partial charge in [0.2, 0.25) is 0 Å². The third kappa shape index (κ3) is 1.62. The highest BCUT2D eigenvalue weighted by Gasteiger charge is 2.17. The van der Waals surface area contributed by atoms with Gasteiger partial charge in [-0.15, -0.1) is 0 Å². The minimum Gasteiger partial charge on any atom is -0.507 e. The Kier molecular flexibility index (Phi) is 2.63. The summed E-state index contributed by atoms with van der Waals surface area (Å²) in [5.41, 5.74) is 10.9. The average Bonchev–Trinajstić information content (AvgIpc) is 2.82. The molecule has 0 aliphatic heterocycles. The van der Waals surface area contributed by atoms with Crippen molar-refractivity contribution in [2.24, 2.45) is 7.05 Å². The summed E-state index contributed by atoms with van der Waals surface area (Å²) in [6.07, 6.45) is 0. The van der Waals surface area contributed by atoms with Gasteiger partial charge in [-0.25, -0.2) is 0 Å². The van der Waals surface area contributed by atoms with Crippen molar-refractivity contribution >= 4 is 27.5 Å². The molecular weight excluding hydrogens is 272 g/mol. The number of aromatic nitrogens is 1. The number of nitrogens with zero attached hydrogens (tertiary/aromatic N) is 1. The van der Waals surface area contributed by atoms with E-state index in [9.17, 15) is 5.11 Å². The highest BCUT2D eigenvalue weighted by Crippen LogP contribution is 2.42. The first-order valence-electron chi connectivity index (χ1n) is 7.22. The van der Waals surface area contributed by atoms with Crippen molar-refractivity contribution in [3.8, 4) is 16.9 Å². The predicted octanol–water partition coefficient (Wildman–Crippen LogP) is 4.29. The molecule has 3 N–H and O–H groups in total. The number of nitrogen functional groups attached to an aromatic ring is 1. The lowest BCUT2D eigenvalue weighted by atomic mass is 9.97. The molecule has 0 bridgehead atoms. The molecule has 3 aromatic carbocycles. The van der Waals surface area contributed by atoms with Gasteiger partial charge in [0.15, 0.2) is 0 Å². The number of aromatic hydroxyl groups is 1. The summed E-state index contributed by atoms with van der Waals surface area (Å²) in [6.45, 7) is 0. The summed E-state index contributed by atoms with van der Waals surface area (Å²) < 4.78 is 2.16. The van der Waals surface area contributed by atoms with E-state index in [0.717, 1.165) is 32.9 Å². The van der Waals surface area contributed by atoms with Crippen LogP contribution in [0, 0.1) is 0 Å². The highest BCUT2D eigenvalue weighted by atomic mass is 16.3. The maximum absolute atomic E-state index is 10.3. The Hall–Kier alpha value is -2.94. The fraction of sp³-hybridized carbons (Fsp3) is 0.0526. The quantitative estimate of drug-likeness (QED) is 0.513. The van der Waals surface area contributed by atoms with Crippen molar-refractivity contribution in [2.75, 3.05) is 5.73 Å². The number of phenolic OH excluding ortho intramolecular Hbond substituents is 1. The van der Waals surface area contributed by atoms with E-state index in [1.54, 1.807) is 6.07 Å². The Morgan fingerprint density at radius 2 is 1.59 bits per heavy atom. The third-order valence-corrected chi connectivity index (χ3v) is 4.29. The van der Waals surface area contributed by atoms with Crippen LogP contribution >= 0.6 is 0 Å². The molecule has 0 radical (unpaired) electrons. The van der Waals surface area contributed by atoms with E-state index in [1.165, 1.54) is 0 Å². The van der Waals surface area contributed by atoms with Crippen LogP contribution in [0.15, 0.2) is 60.7 Å². The van der Waals surface area contributed by atoms with Crippen LogP contribution in [0.4, 0.5) is 5.69 Å². The molecule has 0 spiro atoms. The molecule has 3 nitrogen and oxygen atoms in total. The Labute approximate surface area is 128 Å². The molecule has 0 saturated carbocycles. The lowest BCUT2D eigenvalue weighted by Crippen LogP contribution is -1.92. The first-order chi connectivity index (χ1) is 10.7. The highest BCUT2D eigenvalue weighted by molar-refractivity contribution is 6.17. The van der Waals surface area contributed by atoms with Gasteiger partial charge in [0.1, 0.15) is 5.75 Å². The van der Waals surface area contributed by atoms with Gasteiger partial charge in [0.05, 0.1) is 0 Å². The maximum atomic E-state index is 10.3. The number of anilines is 1. The number of benzene rings is 3. The number of rotatable bonds is 1. The van der Waals surface area contributed by atoms with Crippen LogP contribution in [0.1, 0.15) is 0 Å². The van der Waals surface area contributed by atoms with Crippen LogP contribution in [-0.2, 0) is 7.05 Å². The van der Waals surface area contributed by atoms with Gasteiger partial charge < -0.3 is 15.4 Å². The molecule has 0 saturated heterocycles. The van der Waals surface area contributed by atoms with Crippen LogP contribution in [0.3, 0.4) is 0 Å². The SMILES string of the molecule is Cn1c2ccccc2c2c(-c3ccccc3O)c(N)ccc21. The molecule has 0 aliphatic carbocycles. The molecule has 0 amide bonds. The van der Waals surface area contributed by atoms with Gasteiger partial charge in [-0.1, -0.05) is 36.4 Å². The number of hydrogen-bond donors (Lipinski definition) is 2. The van der Waals surface area contributed by atoms with E-state index < -0.39 is 0 Å². The van der Waals surface area contributed by atoms with Crippen molar-refractivity contribution in [1.29, 1.82) is 0 Å². The van der Waals surface area contributed by atoms with Gasteiger partial charge in [-0.2, -0.15) is 0 Å². The Balaban J connectivity index is 2.26. The minimum absolute atomic E-state index is 0.245. The average molecular weight is 288 g/mol. The van der Waals surface area contributed by atoms with E-state index in [1.807, 2.05) is 42.5 Å². The van der Waals surface area contributed by atoms with E-state index in [0.29, 0.717) is 5.69 Å². The number of fused-ring (bicyclic) bond motifs is 3. The van der Waals surface area contributed by atoms with Gasteiger partial charge in [0, 0.05) is 45.7 Å². The van der Waals surface area contributed by atoms with Crippen LogP contribution in [0.25, 0.3) is 32.9 Å². The van der Waals surface area contributed by atoms with E-state index in [2.05, 4.69) is 23.7 Å². The van der Waals surface area contributed by atoms with Crippen molar-refractivity contribution in [2.45, 2.75) is 0 Å². The number of aryl methyl sites for hydroxylation is 1. The molecule has 0 fully saturated rings. The minimum atomic E-state index is 0.245. The van der Waals surface area contributed by atoms with E-state index in [4.69, 9.17) is 5.73 Å². The fourth-order valence-corrected chi connectivity index (χ4v) is 3.24. The molecule has 3 heteroatoms. The Morgan fingerprint density at radius 1 is 0.864 bits per heavy atom. The third-order valence-electron chi connectivity index (χ3n) is 4.29. The molecule has 1 heterocycles. The molecule has 0 atom stereocenters. The summed E-state index contributed by atoms with van der Waals surface area (Å²) in [5, 5.41) is 12.5. The van der Waals surface area contributed by atoms with Crippen molar-refractivity contribution < 1.29 is 5.11 Å². The van der Waals surface area contributed by atoms with Crippen molar-refractivity contribution in [3.05, 3.63) is 60.7 Å². The number of phenols is 1. The number of para-hydroxylation sites is 2. The smallest absolute Gasteiger partial charge is 0.123 e. The maximum Gasteiger partial charge on any atom is 0.123 e. The molecule has 1 aromatic heterocycles. The van der Waals surface area contributed by atoms with E-state index >= 15 is 0 Å². The van der Waals surface area contributed by atoms with Gasteiger partial charge >= 0.3 is 0 Å². The molecule has 0 unspecified atom stereocenters. The second kappa shape index (κ2) is 4.53. The van der Waals surface area contributed by atoms with Crippen molar-refractivity contribution in [1.82, 2.24) is 4.57 Å². The lowest BCUT2D eigenvalue weighted by Gasteiger charge is -2.10. The topological polar surface area (TPSA) is 51.2 Å². The monoisotopic (exact) mass is 288 g/mol. The lowest BCUT2D eigenvalue weighted by molar-refractivity contribution is 0.477. The summed E-state index contributed by atoms with van der Waals surface area (Å²) in [7, 11) is 2.05. The van der Waals surface area contributed by atoms with Crippen LogP contribution in [0.2, 0.25) is 0 Å². The van der Waals surface area contributed by atoms with E-state index in [-0.39, 0.29) is 5.75 Å². The molecular formula is C19H16N2O. The summed E-state index contributed by atoms with van der Waals surface area (Å²) >= 11 is 0. The summed E-state index contributed by atoms with van der Waals surface area (Å²) in [4.78, 5) is 0.